The SMILES string of the molecule is COC(=O)C1CC=CC(C)(C)C1=O. The Balaban J connectivity index is 2.88. The standard InChI is InChI=1S/C10H14O3/c1-10(2)6-4-5-7(8(10)11)9(12)13-3/h4,6-7H,5H2,1-3H3. The predicted octanol–water partition coefficient (Wildman–Crippen LogP) is 1.33. The van der Waals surface area contributed by atoms with E-state index in [9.17, 15) is 9.59 Å². The number of rotatable bonds is 1. The van der Waals surface area contributed by atoms with E-state index in [1.807, 2.05) is 12.2 Å². The Kier molecular flexibility index (Phi) is 2.55. The van der Waals surface area contributed by atoms with Crippen LogP contribution in [-0.2, 0) is 14.3 Å². The molecule has 0 aromatic heterocycles. The largest absolute Gasteiger partial charge is 0.468 e. The highest BCUT2D eigenvalue weighted by molar-refractivity contribution is 6.03. The molecule has 0 spiro atoms. The minimum atomic E-state index is -0.606. The predicted molar refractivity (Wildman–Crippen MR) is 48.1 cm³/mol. The van der Waals surface area contributed by atoms with E-state index in [1.54, 1.807) is 13.8 Å². The van der Waals surface area contributed by atoms with Gasteiger partial charge in [-0.25, -0.2) is 0 Å². The van der Waals surface area contributed by atoms with Crippen molar-refractivity contribution in [3.05, 3.63) is 12.2 Å². The first kappa shape index (κ1) is 9.96. The van der Waals surface area contributed by atoms with Crippen LogP contribution in [0.3, 0.4) is 0 Å². The summed E-state index contributed by atoms with van der Waals surface area (Å²) < 4.78 is 4.56. The Bertz CT molecular complexity index is 263. The highest BCUT2D eigenvalue weighted by Gasteiger charge is 2.38. The summed E-state index contributed by atoms with van der Waals surface area (Å²) >= 11 is 0. The molecule has 0 aromatic rings. The van der Waals surface area contributed by atoms with Crippen molar-refractivity contribution < 1.29 is 14.3 Å². The number of ketones is 1. The van der Waals surface area contributed by atoms with Gasteiger partial charge in [-0.1, -0.05) is 12.2 Å². The smallest absolute Gasteiger partial charge is 0.316 e. The first-order valence-corrected chi connectivity index (χ1v) is 4.29. The van der Waals surface area contributed by atoms with Gasteiger partial charge in [-0.05, 0) is 20.3 Å². The van der Waals surface area contributed by atoms with Gasteiger partial charge in [-0.15, -0.1) is 0 Å². The molecule has 1 atom stereocenters. The lowest BCUT2D eigenvalue weighted by molar-refractivity contribution is -0.151. The molecule has 72 valence electrons. The number of methoxy groups -OCH3 is 1. The maximum absolute atomic E-state index is 11.7. The fourth-order valence-electron chi connectivity index (χ4n) is 1.48. The summed E-state index contributed by atoms with van der Waals surface area (Å²) in [5.41, 5.74) is -0.531. The van der Waals surface area contributed by atoms with E-state index in [0.29, 0.717) is 6.42 Å². The Morgan fingerprint density at radius 2 is 2.23 bits per heavy atom. The van der Waals surface area contributed by atoms with Crippen molar-refractivity contribution in [1.29, 1.82) is 0 Å². The minimum Gasteiger partial charge on any atom is -0.468 e. The molecule has 3 nitrogen and oxygen atoms in total. The van der Waals surface area contributed by atoms with Crippen molar-refractivity contribution in [2.75, 3.05) is 7.11 Å². The molecule has 13 heavy (non-hydrogen) atoms. The van der Waals surface area contributed by atoms with Crippen molar-refractivity contribution in [2.45, 2.75) is 20.3 Å². The summed E-state index contributed by atoms with van der Waals surface area (Å²) in [6.07, 6.45) is 4.17. The second-order valence-electron chi connectivity index (χ2n) is 3.80. The molecule has 1 rings (SSSR count). The van der Waals surface area contributed by atoms with Gasteiger partial charge in [0, 0.05) is 5.41 Å². The zero-order valence-electron chi connectivity index (χ0n) is 8.16. The molecule has 0 heterocycles. The number of esters is 1. The van der Waals surface area contributed by atoms with Crippen LogP contribution in [0.15, 0.2) is 12.2 Å². The molecule has 0 amide bonds. The van der Waals surface area contributed by atoms with Gasteiger partial charge >= 0.3 is 5.97 Å². The van der Waals surface area contributed by atoms with E-state index in [4.69, 9.17) is 0 Å². The van der Waals surface area contributed by atoms with E-state index in [0.717, 1.165) is 0 Å². The van der Waals surface area contributed by atoms with Crippen molar-refractivity contribution in [3.8, 4) is 0 Å². The third kappa shape index (κ3) is 1.79. The first-order chi connectivity index (χ1) is 5.99. The van der Waals surface area contributed by atoms with Crippen molar-refractivity contribution in [1.82, 2.24) is 0 Å². The summed E-state index contributed by atoms with van der Waals surface area (Å²) in [5, 5.41) is 0. The van der Waals surface area contributed by atoms with E-state index in [-0.39, 0.29) is 5.78 Å². The van der Waals surface area contributed by atoms with Gasteiger partial charge in [0.1, 0.15) is 5.92 Å². The van der Waals surface area contributed by atoms with Crippen LogP contribution in [0.25, 0.3) is 0 Å². The Morgan fingerprint density at radius 3 is 2.77 bits per heavy atom. The second kappa shape index (κ2) is 3.32. The second-order valence-corrected chi connectivity index (χ2v) is 3.80. The number of ether oxygens (including phenoxy) is 1. The van der Waals surface area contributed by atoms with Gasteiger partial charge in [0.25, 0.3) is 0 Å². The van der Waals surface area contributed by atoms with Crippen LogP contribution in [0, 0.1) is 11.3 Å². The van der Waals surface area contributed by atoms with Crippen LogP contribution in [0.5, 0.6) is 0 Å². The van der Waals surface area contributed by atoms with Crippen LogP contribution in [0.4, 0.5) is 0 Å². The maximum atomic E-state index is 11.7. The Hall–Kier alpha value is -1.12. The minimum absolute atomic E-state index is 0.0538. The molecule has 1 aliphatic carbocycles. The van der Waals surface area contributed by atoms with Crippen molar-refractivity contribution >= 4 is 11.8 Å². The highest BCUT2D eigenvalue weighted by Crippen LogP contribution is 2.30. The fourth-order valence-corrected chi connectivity index (χ4v) is 1.48. The molecule has 3 heteroatoms. The van der Waals surface area contributed by atoms with Crippen molar-refractivity contribution in [3.63, 3.8) is 0 Å². The lowest BCUT2D eigenvalue weighted by Gasteiger charge is -2.27. The number of Topliss-reactive ketones (excluding diaryl/α,β-unsaturated/α-hetero) is 1. The average Bonchev–Trinajstić information content (AvgIpc) is 2.08. The Labute approximate surface area is 77.8 Å². The molecule has 0 saturated heterocycles. The topological polar surface area (TPSA) is 43.4 Å². The van der Waals surface area contributed by atoms with Crippen molar-refractivity contribution in [2.24, 2.45) is 11.3 Å². The van der Waals surface area contributed by atoms with E-state index in [1.165, 1.54) is 7.11 Å². The molecule has 0 aliphatic heterocycles. The lowest BCUT2D eigenvalue weighted by atomic mass is 9.76. The van der Waals surface area contributed by atoms with Crippen LogP contribution in [0.2, 0.25) is 0 Å². The van der Waals surface area contributed by atoms with Gasteiger partial charge in [0.2, 0.25) is 0 Å². The fraction of sp³-hybridized carbons (Fsp3) is 0.600. The molecule has 0 saturated carbocycles. The molecule has 0 radical (unpaired) electrons. The van der Waals surface area contributed by atoms with Gasteiger partial charge in [0.15, 0.2) is 5.78 Å². The third-order valence-electron chi connectivity index (χ3n) is 2.34. The highest BCUT2D eigenvalue weighted by atomic mass is 16.5. The maximum Gasteiger partial charge on any atom is 0.316 e. The first-order valence-electron chi connectivity index (χ1n) is 4.29. The van der Waals surface area contributed by atoms with Gasteiger partial charge < -0.3 is 4.74 Å². The summed E-state index contributed by atoms with van der Waals surface area (Å²) in [5.74, 6) is -1.09. The zero-order chi connectivity index (χ0) is 10.1. The molecular weight excluding hydrogens is 168 g/mol. The summed E-state index contributed by atoms with van der Waals surface area (Å²) in [6.45, 7) is 3.61. The number of hydrogen-bond donors (Lipinski definition) is 0. The van der Waals surface area contributed by atoms with Crippen LogP contribution < -0.4 is 0 Å². The molecule has 0 bridgehead atoms. The average molecular weight is 182 g/mol. The monoisotopic (exact) mass is 182 g/mol. The Morgan fingerprint density at radius 1 is 1.62 bits per heavy atom. The summed E-state index contributed by atoms with van der Waals surface area (Å²) in [6, 6.07) is 0. The molecular formula is C10H14O3. The van der Waals surface area contributed by atoms with E-state index in [2.05, 4.69) is 4.74 Å². The molecule has 1 unspecified atom stereocenters. The molecule has 0 N–H and O–H groups in total. The van der Waals surface area contributed by atoms with Crippen LogP contribution in [0.1, 0.15) is 20.3 Å². The number of carbonyl (C=O) groups excluding carboxylic acids is 2. The number of carbonyl (C=O) groups is 2. The van der Waals surface area contributed by atoms with Gasteiger partial charge in [0.05, 0.1) is 7.11 Å². The van der Waals surface area contributed by atoms with E-state index >= 15 is 0 Å². The molecule has 0 aromatic carbocycles. The molecule has 0 fully saturated rings. The van der Waals surface area contributed by atoms with E-state index < -0.39 is 17.3 Å². The molecule has 1 aliphatic rings. The van der Waals surface area contributed by atoms with Crippen LogP contribution in [-0.4, -0.2) is 18.9 Å². The lowest BCUT2D eigenvalue weighted by Crippen LogP contribution is -2.37. The number of allylic oxidation sites excluding steroid dienone is 2. The normalized spacial score (nSPS) is 25.8. The quantitative estimate of drug-likeness (QED) is 0.349. The third-order valence-corrected chi connectivity index (χ3v) is 2.34. The van der Waals surface area contributed by atoms with Crippen LogP contribution >= 0.6 is 0 Å². The van der Waals surface area contributed by atoms with Gasteiger partial charge in [-0.2, -0.15) is 0 Å². The summed E-state index contributed by atoms with van der Waals surface area (Å²) in [4.78, 5) is 22.9. The van der Waals surface area contributed by atoms with Gasteiger partial charge in [-0.3, -0.25) is 9.59 Å². The summed E-state index contributed by atoms with van der Waals surface area (Å²) in [7, 11) is 1.31. The zero-order valence-corrected chi connectivity index (χ0v) is 8.16. The number of hydrogen-bond acceptors (Lipinski definition) is 3.